The molecule has 8 heteroatoms. The predicted molar refractivity (Wildman–Crippen MR) is 91.6 cm³/mol. The molecule has 3 N–H and O–H groups in total. The molecular formula is C15H17ClN4O2S. The summed E-state index contributed by atoms with van der Waals surface area (Å²) in [6.45, 7) is 2.34. The van der Waals surface area contributed by atoms with Crippen LogP contribution in [0.3, 0.4) is 0 Å². The third-order valence-corrected chi connectivity index (χ3v) is 4.48. The number of nitrogens with two attached hydrogens (primary N) is 1. The average molecular weight is 353 g/mol. The first kappa shape index (κ1) is 17.4. The van der Waals surface area contributed by atoms with Gasteiger partial charge in [0.1, 0.15) is 10.2 Å². The summed E-state index contributed by atoms with van der Waals surface area (Å²) in [6, 6.07) is 4.77. The van der Waals surface area contributed by atoms with Crippen LogP contribution in [0.2, 0.25) is 5.15 Å². The Morgan fingerprint density at radius 3 is 2.78 bits per heavy atom. The summed E-state index contributed by atoms with van der Waals surface area (Å²) in [4.78, 5) is 29.5. The van der Waals surface area contributed by atoms with E-state index in [1.165, 1.54) is 11.3 Å². The van der Waals surface area contributed by atoms with E-state index < -0.39 is 11.9 Å². The van der Waals surface area contributed by atoms with E-state index in [0.29, 0.717) is 22.3 Å². The van der Waals surface area contributed by atoms with Gasteiger partial charge in [0.25, 0.3) is 5.91 Å². The summed E-state index contributed by atoms with van der Waals surface area (Å²) in [7, 11) is 1.84. The molecular weight excluding hydrogens is 336 g/mol. The Bertz CT molecular complexity index is 702. The van der Waals surface area contributed by atoms with E-state index in [2.05, 4.69) is 10.3 Å². The van der Waals surface area contributed by atoms with Gasteiger partial charge in [-0.05, 0) is 37.0 Å². The fourth-order valence-electron chi connectivity index (χ4n) is 1.94. The Hall–Kier alpha value is -1.96. The van der Waals surface area contributed by atoms with Crippen LogP contribution in [0, 0.1) is 0 Å². The molecule has 0 aromatic carbocycles. The quantitative estimate of drug-likeness (QED) is 0.781. The van der Waals surface area contributed by atoms with E-state index in [0.717, 1.165) is 5.56 Å². The van der Waals surface area contributed by atoms with Crippen LogP contribution in [0.4, 0.5) is 5.00 Å². The number of nitrogens with zero attached hydrogens (tertiary/aromatic N) is 2. The van der Waals surface area contributed by atoms with Crippen LogP contribution in [0.15, 0.2) is 29.8 Å². The standard InChI is InChI=1S/C15H17ClN4O2S/c1-9(20(2)8-10-3-4-12(16)18-7-10)14(22)19-15-11(13(17)21)5-6-23-15/h3-7,9H,8H2,1-2H3,(H2,17,21)(H,19,22)/t9-/m1/s1. The van der Waals surface area contributed by atoms with Gasteiger partial charge in [0.15, 0.2) is 0 Å². The number of primary amides is 1. The molecule has 2 amide bonds. The maximum atomic E-state index is 12.3. The summed E-state index contributed by atoms with van der Waals surface area (Å²) >= 11 is 7.02. The number of carbonyl (C=O) groups is 2. The molecule has 2 aromatic heterocycles. The number of thiophene rings is 1. The minimum absolute atomic E-state index is 0.209. The lowest BCUT2D eigenvalue weighted by molar-refractivity contribution is -0.120. The first-order valence-corrected chi connectivity index (χ1v) is 8.13. The molecule has 0 unspecified atom stereocenters. The maximum absolute atomic E-state index is 12.3. The van der Waals surface area contributed by atoms with Gasteiger partial charge in [0, 0.05) is 12.7 Å². The van der Waals surface area contributed by atoms with Crippen molar-refractivity contribution in [3.63, 3.8) is 0 Å². The highest BCUT2D eigenvalue weighted by molar-refractivity contribution is 7.14. The molecule has 23 heavy (non-hydrogen) atoms. The largest absolute Gasteiger partial charge is 0.366 e. The Morgan fingerprint density at radius 1 is 1.43 bits per heavy atom. The van der Waals surface area contributed by atoms with Crippen molar-refractivity contribution in [1.29, 1.82) is 0 Å². The van der Waals surface area contributed by atoms with Gasteiger partial charge in [0.2, 0.25) is 5.91 Å². The van der Waals surface area contributed by atoms with E-state index in [9.17, 15) is 9.59 Å². The Morgan fingerprint density at radius 2 is 2.17 bits per heavy atom. The number of likely N-dealkylation sites (N-methyl/N-ethyl adjacent to an activating group) is 1. The Balaban J connectivity index is 1.99. The molecule has 0 saturated carbocycles. The second-order valence-corrected chi connectivity index (χ2v) is 6.40. The molecule has 0 aliphatic heterocycles. The van der Waals surface area contributed by atoms with Gasteiger partial charge in [-0.3, -0.25) is 14.5 Å². The number of pyridine rings is 1. The van der Waals surface area contributed by atoms with E-state index in [1.54, 1.807) is 30.6 Å². The minimum atomic E-state index is -0.560. The number of hydrogen-bond donors (Lipinski definition) is 2. The number of rotatable bonds is 6. The van der Waals surface area contributed by atoms with Crippen LogP contribution in [0.25, 0.3) is 0 Å². The van der Waals surface area contributed by atoms with Crippen molar-refractivity contribution in [3.8, 4) is 0 Å². The first-order chi connectivity index (χ1) is 10.9. The number of aromatic nitrogens is 1. The number of nitrogens with one attached hydrogen (secondary N) is 1. The fraction of sp³-hybridized carbons (Fsp3) is 0.267. The zero-order valence-corrected chi connectivity index (χ0v) is 14.3. The second-order valence-electron chi connectivity index (χ2n) is 5.10. The Labute approximate surface area is 143 Å². The highest BCUT2D eigenvalue weighted by Crippen LogP contribution is 2.23. The molecule has 0 bridgehead atoms. The molecule has 0 fully saturated rings. The van der Waals surface area contributed by atoms with Gasteiger partial charge < -0.3 is 11.1 Å². The lowest BCUT2D eigenvalue weighted by atomic mass is 10.2. The topological polar surface area (TPSA) is 88.3 Å². The lowest BCUT2D eigenvalue weighted by Crippen LogP contribution is -2.39. The highest BCUT2D eigenvalue weighted by atomic mass is 35.5. The molecule has 2 rings (SSSR count). The van der Waals surface area contributed by atoms with Crippen molar-refractivity contribution < 1.29 is 9.59 Å². The molecule has 0 spiro atoms. The Kier molecular flexibility index (Phi) is 5.70. The van der Waals surface area contributed by atoms with Gasteiger partial charge in [-0.1, -0.05) is 17.7 Å². The third-order valence-electron chi connectivity index (χ3n) is 3.43. The zero-order chi connectivity index (χ0) is 17.0. The van der Waals surface area contributed by atoms with Crippen molar-refractivity contribution in [3.05, 3.63) is 46.1 Å². The molecule has 2 heterocycles. The van der Waals surface area contributed by atoms with Gasteiger partial charge in [-0.2, -0.15) is 0 Å². The smallest absolute Gasteiger partial charge is 0.251 e. The lowest BCUT2D eigenvalue weighted by Gasteiger charge is -2.23. The molecule has 0 saturated heterocycles. The highest BCUT2D eigenvalue weighted by Gasteiger charge is 2.20. The van der Waals surface area contributed by atoms with E-state index in [4.69, 9.17) is 17.3 Å². The van der Waals surface area contributed by atoms with Crippen molar-refractivity contribution in [2.24, 2.45) is 5.73 Å². The minimum Gasteiger partial charge on any atom is -0.366 e. The van der Waals surface area contributed by atoms with Crippen LogP contribution in [-0.4, -0.2) is 34.8 Å². The van der Waals surface area contributed by atoms with Gasteiger partial charge >= 0.3 is 0 Å². The second kappa shape index (κ2) is 7.54. The number of carbonyl (C=O) groups excluding carboxylic acids is 2. The molecule has 122 valence electrons. The average Bonchev–Trinajstić information content (AvgIpc) is 2.97. The van der Waals surface area contributed by atoms with Crippen molar-refractivity contribution >= 4 is 39.8 Å². The van der Waals surface area contributed by atoms with E-state index in [-0.39, 0.29) is 5.91 Å². The van der Waals surface area contributed by atoms with Crippen LogP contribution >= 0.6 is 22.9 Å². The summed E-state index contributed by atoms with van der Waals surface area (Å²) in [5, 5.41) is 5.36. The van der Waals surface area contributed by atoms with Crippen LogP contribution in [0.1, 0.15) is 22.8 Å². The summed E-state index contributed by atoms with van der Waals surface area (Å²) < 4.78 is 0. The fourth-order valence-corrected chi connectivity index (χ4v) is 2.85. The monoisotopic (exact) mass is 352 g/mol. The van der Waals surface area contributed by atoms with Crippen LogP contribution < -0.4 is 11.1 Å². The van der Waals surface area contributed by atoms with Crippen molar-refractivity contribution in [2.75, 3.05) is 12.4 Å². The summed E-state index contributed by atoms with van der Waals surface area (Å²) in [5.41, 5.74) is 6.54. The van der Waals surface area contributed by atoms with E-state index >= 15 is 0 Å². The van der Waals surface area contributed by atoms with Crippen molar-refractivity contribution in [2.45, 2.75) is 19.5 Å². The normalized spacial score (nSPS) is 12.2. The van der Waals surface area contributed by atoms with Crippen LogP contribution in [0.5, 0.6) is 0 Å². The van der Waals surface area contributed by atoms with E-state index in [1.807, 2.05) is 18.0 Å². The summed E-state index contributed by atoms with van der Waals surface area (Å²) in [6.07, 6.45) is 1.67. The number of halogens is 1. The predicted octanol–water partition coefficient (Wildman–Crippen LogP) is 2.35. The molecule has 0 aliphatic rings. The summed E-state index contributed by atoms with van der Waals surface area (Å²) in [5.74, 6) is -0.769. The SMILES string of the molecule is C[C@H](C(=O)Nc1sccc1C(N)=O)N(C)Cc1ccc(Cl)nc1. The first-order valence-electron chi connectivity index (χ1n) is 6.87. The van der Waals surface area contributed by atoms with Gasteiger partial charge in [0.05, 0.1) is 11.6 Å². The third kappa shape index (κ3) is 4.51. The number of amides is 2. The van der Waals surface area contributed by atoms with Crippen LogP contribution in [-0.2, 0) is 11.3 Å². The van der Waals surface area contributed by atoms with Crippen molar-refractivity contribution in [1.82, 2.24) is 9.88 Å². The molecule has 0 radical (unpaired) electrons. The van der Waals surface area contributed by atoms with Gasteiger partial charge in [-0.15, -0.1) is 11.3 Å². The zero-order valence-electron chi connectivity index (χ0n) is 12.7. The molecule has 2 aromatic rings. The van der Waals surface area contributed by atoms with Gasteiger partial charge in [-0.25, -0.2) is 4.98 Å². The molecule has 1 atom stereocenters. The number of hydrogen-bond acceptors (Lipinski definition) is 5. The molecule has 6 nitrogen and oxygen atoms in total. The number of anilines is 1. The maximum Gasteiger partial charge on any atom is 0.251 e. The molecule has 0 aliphatic carbocycles.